The number of anilines is 2. The van der Waals surface area contributed by atoms with E-state index in [1.54, 1.807) is 12.4 Å². The molecule has 0 amide bonds. The predicted molar refractivity (Wildman–Crippen MR) is 78.9 cm³/mol. The molecule has 110 valence electrons. The second kappa shape index (κ2) is 6.94. The first-order chi connectivity index (χ1) is 10.4. The number of rotatable bonds is 6. The van der Waals surface area contributed by atoms with Crippen molar-refractivity contribution in [3.05, 3.63) is 36.3 Å². The quantitative estimate of drug-likeness (QED) is 0.831. The molecule has 2 aromatic heterocycles. The Labute approximate surface area is 123 Å². The van der Waals surface area contributed by atoms with Crippen molar-refractivity contribution in [1.29, 1.82) is 0 Å². The molecule has 2 N–H and O–H groups in total. The van der Waals surface area contributed by atoms with Gasteiger partial charge in [-0.15, -0.1) is 5.10 Å². The van der Waals surface area contributed by atoms with Gasteiger partial charge in [0.25, 0.3) is 0 Å². The Morgan fingerprint density at radius 3 is 3.10 bits per heavy atom. The molecule has 0 spiro atoms. The van der Waals surface area contributed by atoms with E-state index in [1.807, 2.05) is 18.3 Å². The fourth-order valence-electron chi connectivity index (χ4n) is 2.17. The molecular formula is C14H18N6O. The molecule has 21 heavy (non-hydrogen) atoms. The van der Waals surface area contributed by atoms with Crippen molar-refractivity contribution in [2.24, 2.45) is 0 Å². The third-order valence-corrected chi connectivity index (χ3v) is 3.27. The van der Waals surface area contributed by atoms with Crippen LogP contribution in [0.5, 0.6) is 0 Å². The van der Waals surface area contributed by atoms with Crippen LogP contribution >= 0.6 is 0 Å². The summed E-state index contributed by atoms with van der Waals surface area (Å²) in [5.74, 6) is 1.20. The molecule has 1 unspecified atom stereocenters. The van der Waals surface area contributed by atoms with Crippen molar-refractivity contribution in [1.82, 2.24) is 20.2 Å². The van der Waals surface area contributed by atoms with Gasteiger partial charge < -0.3 is 15.4 Å². The van der Waals surface area contributed by atoms with Crippen molar-refractivity contribution in [3.8, 4) is 0 Å². The van der Waals surface area contributed by atoms with Crippen molar-refractivity contribution < 1.29 is 4.74 Å². The average Bonchev–Trinajstić information content (AvgIpc) is 3.06. The van der Waals surface area contributed by atoms with Crippen LogP contribution in [0.25, 0.3) is 0 Å². The van der Waals surface area contributed by atoms with Crippen LogP contribution in [0.15, 0.2) is 30.7 Å². The normalized spacial score (nSPS) is 17.6. The molecule has 1 aliphatic heterocycles. The molecule has 1 atom stereocenters. The van der Waals surface area contributed by atoms with E-state index in [4.69, 9.17) is 4.74 Å². The Balaban J connectivity index is 1.52. The second-order valence-electron chi connectivity index (χ2n) is 4.90. The van der Waals surface area contributed by atoms with E-state index in [1.165, 1.54) is 0 Å². The first-order valence-corrected chi connectivity index (χ1v) is 7.08. The monoisotopic (exact) mass is 286 g/mol. The highest BCUT2D eigenvalue weighted by Gasteiger charge is 2.15. The van der Waals surface area contributed by atoms with Crippen LogP contribution in [0.3, 0.4) is 0 Å². The summed E-state index contributed by atoms with van der Waals surface area (Å²) < 4.78 is 5.55. The fourth-order valence-corrected chi connectivity index (χ4v) is 2.17. The maximum Gasteiger partial charge on any atom is 0.244 e. The van der Waals surface area contributed by atoms with Crippen molar-refractivity contribution >= 4 is 11.8 Å². The number of aromatic nitrogens is 4. The summed E-state index contributed by atoms with van der Waals surface area (Å²) >= 11 is 0. The molecule has 1 aliphatic rings. The van der Waals surface area contributed by atoms with Gasteiger partial charge in [0.1, 0.15) is 0 Å². The maximum absolute atomic E-state index is 5.55. The highest BCUT2D eigenvalue weighted by Crippen LogP contribution is 2.12. The van der Waals surface area contributed by atoms with Crippen molar-refractivity contribution in [3.63, 3.8) is 0 Å². The highest BCUT2D eigenvalue weighted by atomic mass is 16.5. The zero-order valence-corrected chi connectivity index (χ0v) is 11.7. The van der Waals surface area contributed by atoms with E-state index in [-0.39, 0.29) is 6.10 Å². The number of nitrogens with one attached hydrogen (secondary N) is 2. The molecular weight excluding hydrogens is 268 g/mol. The summed E-state index contributed by atoms with van der Waals surface area (Å²) in [6.07, 6.45) is 7.63. The smallest absolute Gasteiger partial charge is 0.244 e. The van der Waals surface area contributed by atoms with E-state index in [2.05, 4.69) is 30.8 Å². The number of ether oxygens (including phenoxy) is 1. The van der Waals surface area contributed by atoms with Crippen LogP contribution in [0.4, 0.5) is 11.8 Å². The number of hydrogen-bond acceptors (Lipinski definition) is 7. The summed E-state index contributed by atoms with van der Waals surface area (Å²) in [6.45, 7) is 2.21. The van der Waals surface area contributed by atoms with Gasteiger partial charge in [-0.1, -0.05) is 6.07 Å². The van der Waals surface area contributed by atoms with E-state index < -0.39 is 0 Å². The van der Waals surface area contributed by atoms with Gasteiger partial charge in [-0.2, -0.15) is 10.1 Å². The van der Waals surface area contributed by atoms with E-state index in [0.29, 0.717) is 24.9 Å². The molecule has 3 rings (SSSR count). The minimum absolute atomic E-state index is 0.251. The van der Waals surface area contributed by atoms with Gasteiger partial charge in [-0.3, -0.25) is 4.98 Å². The fraction of sp³-hybridized carbons (Fsp3) is 0.429. The summed E-state index contributed by atoms with van der Waals surface area (Å²) in [5.41, 5.74) is 1.09. The van der Waals surface area contributed by atoms with Gasteiger partial charge in [0.05, 0.1) is 12.3 Å². The van der Waals surface area contributed by atoms with Crippen molar-refractivity contribution in [2.75, 3.05) is 23.8 Å². The lowest BCUT2D eigenvalue weighted by Gasteiger charge is -2.11. The molecule has 7 nitrogen and oxygen atoms in total. The summed E-state index contributed by atoms with van der Waals surface area (Å²) in [6, 6.07) is 3.91. The number of nitrogens with zero attached hydrogens (tertiary/aromatic N) is 4. The summed E-state index contributed by atoms with van der Waals surface area (Å²) in [7, 11) is 0. The zero-order chi connectivity index (χ0) is 14.3. The molecule has 2 aromatic rings. The lowest BCUT2D eigenvalue weighted by molar-refractivity contribution is 0.120. The Hall–Kier alpha value is -2.28. The third-order valence-electron chi connectivity index (χ3n) is 3.27. The van der Waals surface area contributed by atoms with Gasteiger partial charge in [0.15, 0.2) is 5.82 Å². The van der Waals surface area contributed by atoms with E-state index >= 15 is 0 Å². The molecule has 1 saturated heterocycles. The Morgan fingerprint density at radius 2 is 2.29 bits per heavy atom. The molecule has 0 bridgehead atoms. The molecule has 1 fully saturated rings. The first-order valence-electron chi connectivity index (χ1n) is 7.08. The Kier molecular flexibility index (Phi) is 4.52. The minimum atomic E-state index is 0.251. The Morgan fingerprint density at radius 1 is 1.29 bits per heavy atom. The van der Waals surface area contributed by atoms with Crippen LogP contribution in [0, 0.1) is 0 Å². The first kappa shape index (κ1) is 13.7. The van der Waals surface area contributed by atoms with Crippen LogP contribution in [0.1, 0.15) is 18.4 Å². The lowest BCUT2D eigenvalue weighted by atomic mass is 10.2. The third kappa shape index (κ3) is 4.09. The largest absolute Gasteiger partial charge is 0.376 e. The molecule has 7 heteroatoms. The van der Waals surface area contributed by atoms with Gasteiger partial charge >= 0.3 is 0 Å². The molecule has 0 radical (unpaired) electrons. The summed E-state index contributed by atoms with van der Waals surface area (Å²) in [4.78, 5) is 8.45. The van der Waals surface area contributed by atoms with Gasteiger partial charge in [-0.05, 0) is 24.5 Å². The van der Waals surface area contributed by atoms with E-state index in [0.717, 1.165) is 25.0 Å². The minimum Gasteiger partial charge on any atom is -0.376 e. The highest BCUT2D eigenvalue weighted by molar-refractivity contribution is 5.37. The Bertz CT molecular complexity index is 558. The number of pyridine rings is 1. The van der Waals surface area contributed by atoms with Crippen LogP contribution < -0.4 is 10.6 Å². The van der Waals surface area contributed by atoms with Crippen molar-refractivity contribution in [2.45, 2.75) is 25.5 Å². The number of hydrogen-bond donors (Lipinski definition) is 2. The molecule has 0 aromatic carbocycles. The van der Waals surface area contributed by atoms with E-state index in [9.17, 15) is 0 Å². The SMILES string of the molecule is c1cncc(CNc2cnnc(NCC3CCCO3)n2)c1. The predicted octanol–water partition coefficient (Wildman–Crippen LogP) is 1.47. The van der Waals surface area contributed by atoms with Crippen LogP contribution in [0.2, 0.25) is 0 Å². The zero-order valence-electron chi connectivity index (χ0n) is 11.7. The van der Waals surface area contributed by atoms with Gasteiger partial charge in [-0.25, -0.2) is 0 Å². The molecule has 0 aliphatic carbocycles. The second-order valence-corrected chi connectivity index (χ2v) is 4.90. The van der Waals surface area contributed by atoms with Crippen LogP contribution in [-0.2, 0) is 11.3 Å². The standard InChI is InChI=1S/C14H18N6O/c1-3-11(7-15-5-1)8-16-13-10-18-20-14(19-13)17-9-12-4-2-6-21-12/h1,3,5,7,10,12H,2,4,6,8-9H2,(H2,16,17,19,20). The van der Waals surface area contributed by atoms with Gasteiger partial charge in [0.2, 0.25) is 5.95 Å². The topological polar surface area (TPSA) is 84.9 Å². The molecule has 0 saturated carbocycles. The average molecular weight is 286 g/mol. The molecule has 3 heterocycles. The summed E-state index contributed by atoms with van der Waals surface area (Å²) in [5, 5.41) is 14.3. The maximum atomic E-state index is 5.55. The lowest BCUT2D eigenvalue weighted by Crippen LogP contribution is -2.20. The van der Waals surface area contributed by atoms with Gasteiger partial charge in [0, 0.05) is 32.1 Å². The van der Waals surface area contributed by atoms with Crippen LogP contribution in [-0.4, -0.2) is 39.4 Å².